The van der Waals surface area contributed by atoms with E-state index >= 15 is 0 Å². The van der Waals surface area contributed by atoms with Crippen LogP contribution in [-0.4, -0.2) is 56.1 Å². The SMILES string of the molecule is Cc1cccc2c1NC(C(=O)NC(CN(C)C)C1NCCCC1C)C2. The zero-order valence-electron chi connectivity index (χ0n) is 15.9. The summed E-state index contributed by atoms with van der Waals surface area (Å²) in [5.41, 5.74) is 3.59. The smallest absolute Gasteiger partial charge is 0.243 e. The number of carbonyl (C=O) groups excluding carboxylic acids is 1. The predicted octanol–water partition coefficient (Wildman–Crippen LogP) is 1.77. The molecule has 2 aliphatic rings. The third-order valence-corrected chi connectivity index (χ3v) is 5.57. The number of piperidine rings is 1. The normalized spacial score (nSPS) is 26.8. The summed E-state index contributed by atoms with van der Waals surface area (Å²) < 4.78 is 0. The molecule has 1 fully saturated rings. The van der Waals surface area contributed by atoms with Crippen LogP contribution in [0.5, 0.6) is 0 Å². The average Bonchev–Trinajstić information content (AvgIpc) is 3.00. The van der Waals surface area contributed by atoms with Crippen molar-refractivity contribution in [3.63, 3.8) is 0 Å². The van der Waals surface area contributed by atoms with E-state index in [4.69, 9.17) is 0 Å². The highest BCUT2D eigenvalue weighted by Gasteiger charge is 2.34. The molecule has 1 aromatic rings. The van der Waals surface area contributed by atoms with Crippen molar-refractivity contribution in [3.05, 3.63) is 29.3 Å². The molecule has 0 bridgehead atoms. The van der Waals surface area contributed by atoms with Gasteiger partial charge in [-0.1, -0.05) is 25.1 Å². The van der Waals surface area contributed by atoms with Gasteiger partial charge in [0.25, 0.3) is 0 Å². The van der Waals surface area contributed by atoms with E-state index < -0.39 is 0 Å². The van der Waals surface area contributed by atoms with Crippen LogP contribution < -0.4 is 16.0 Å². The van der Waals surface area contributed by atoms with Crippen LogP contribution in [0.1, 0.15) is 30.9 Å². The molecule has 0 aliphatic carbocycles. The highest BCUT2D eigenvalue weighted by atomic mass is 16.2. The third kappa shape index (κ3) is 4.15. The Morgan fingerprint density at radius 2 is 2.20 bits per heavy atom. The number of rotatable bonds is 5. The Morgan fingerprint density at radius 3 is 2.88 bits per heavy atom. The topological polar surface area (TPSA) is 56.4 Å². The van der Waals surface area contributed by atoms with Gasteiger partial charge in [0.1, 0.15) is 6.04 Å². The fourth-order valence-electron chi connectivity index (χ4n) is 4.25. The van der Waals surface area contributed by atoms with Gasteiger partial charge in [0.05, 0.1) is 6.04 Å². The molecular weight excluding hydrogens is 312 g/mol. The average molecular weight is 345 g/mol. The second-order valence-electron chi connectivity index (χ2n) is 7.99. The number of hydrogen-bond donors (Lipinski definition) is 3. The summed E-state index contributed by atoms with van der Waals surface area (Å²) in [5, 5.41) is 10.4. The Hall–Kier alpha value is -1.59. The molecule has 2 aliphatic heterocycles. The molecule has 0 spiro atoms. The maximum Gasteiger partial charge on any atom is 0.243 e. The summed E-state index contributed by atoms with van der Waals surface area (Å²) in [4.78, 5) is 15.1. The van der Waals surface area contributed by atoms with Gasteiger partial charge in [-0.05, 0) is 57.5 Å². The van der Waals surface area contributed by atoms with Crippen molar-refractivity contribution < 1.29 is 4.79 Å². The van der Waals surface area contributed by atoms with Crippen LogP contribution in [0.25, 0.3) is 0 Å². The van der Waals surface area contributed by atoms with Crippen molar-refractivity contribution in [2.24, 2.45) is 5.92 Å². The molecule has 0 saturated carbocycles. The fourth-order valence-corrected chi connectivity index (χ4v) is 4.25. The lowest BCUT2D eigenvalue weighted by Crippen LogP contribution is -2.60. The van der Waals surface area contributed by atoms with Crippen molar-refractivity contribution >= 4 is 11.6 Å². The Morgan fingerprint density at radius 1 is 1.40 bits per heavy atom. The lowest BCUT2D eigenvalue weighted by Gasteiger charge is -2.38. The Bertz CT molecular complexity index is 616. The summed E-state index contributed by atoms with van der Waals surface area (Å²) in [5.74, 6) is 0.692. The summed E-state index contributed by atoms with van der Waals surface area (Å²) in [6, 6.07) is 6.58. The first-order chi connectivity index (χ1) is 12.0. The van der Waals surface area contributed by atoms with Gasteiger partial charge < -0.3 is 20.9 Å². The largest absolute Gasteiger partial charge is 0.373 e. The molecular formula is C20H32N4O. The van der Waals surface area contributed by atoms with E-state index in [0.717, 1.165) is 25.2 Å². The van der Waals surface area contributed by atoms with Crippen LogP contribution in [0.4, 0.5) is 5.69 Å². The van der Waals surface area contributed by atoms with Gasteiger partial charge in [0.15, 0.2) is 0 Å². The Balaban J connectivity index is 1.67. The van der Waals surface area contributed by atoms with E-state index in [1.807, 2.05) is 0 Å². The number of carbonyl (C=O) groups is 1. The van der Waals surface area contributed by atoms with Gasteiger partial charge in [0, 0.05) is 24.7 Å². The standard InChI is InChI=1S/C20H32N4O/c1-13-7-5-9-15-11-16(22-18(13)15)20(25)23-17(12-24(3)4)19-14(2)8-6-10-21-19/h5,7,9,14,16-17,19,21-22H,6,8,10-12H2,1-4H3,(H,23,25). The predicted molar refractivity (Wildman–Crippen MR) is 103 cm³/mol. The lowest BCUT2D eigenvalue weighted by atomic mass is 9.87. The van der Waals surface area contributed by atoms with Crippen LogP contribution in [0, 0.1) is 12.8 Å². The molecule has 25 heavy (non-hydrogen) atoms. The molecule has 0 radical (unpaired) electrons. The number of hydrogen-bond acceptors (Lipinski definition) is 4. The van der Waals surface area contributed by atoms with Crippen LogP contribution in [-0.2, 0) is 11.2 Å². The second-order valence-corrected chi connectivity index (χ2v) is 7.99. The zero-order chi connectivity index (χ0) is 18.0. The minimum absolute atomic E-state index is 0.113. The van der Waals surface area contributed by atoms with Gasteiger partial charge in [-0.3, -0.25) is 4.79 Å². The molecule has 4 atom stereocenters. The number of aryl methyl sites for hydroxylation is 1. The van der Waals surface area contributed by atoms with E-state index in [2.05, 4.69) is 67.0 Å². The first-order valence-electron chi connectivity index (χ1n) is 9.49. The summed E-state index contributed by atoms with van der Waals surface area (Å²) in [6.45, 7) is 6.28. The molecule has 5 nitrogen and oxygen atoms in total. The number of nitrogens with zero attached hydrogens (tertiary/aromatic N) is 1. The highest BCUT2D eigenvalue weighted by molar-refractivity contribution is 5.88. The molecule has 2 heterocycles. The van der Waals surface area contributed by atoms with Crippen LogP contribution in [0.15, 0.2) is 18.2 Å². The minimum Gasteiger partial charge on any atom is -0.373 e. The summed E-state index contributed by atoms with van der Waals surface area (Å²) in [6.07, 6.45) is 3.22. The van der Waals surface area contributed by atoms with E-state index in [-0.39, 0.29) is 18.0 Å². The monoisotopic (exact) mass is 344 g/mol. The van der Waals surface area contributed by atoms with Gasteiger partial charge in [-0.25, -0.2) is 0 Å². The molecule has 1 aromatic carbocycles. The maximum atomic E-state index is 12.9. The van der Waals surface area contributed by atoms with Crippen LogP contribution >= 0.6 is 0 Å². The number of likely N-dealkylation sites (N-methyl/N-ethyl adjacent to an activating group) is 1. The molecule has 5 heteroatoms. The molecule has 4 unspecified atom stereocenters. The number of benzene rings is 1. The molecule has 1 amide bonds. The number of amides is 1. The van der Waals surface area contributed by atoms with Gasteiger partial charge in [-0.2, -0.15) is 0 Å². The van der Waals surface area contributed by atoms with E-state index in [1.54, 1.807) is 0 Å². The number of nitrogens with one attached hydrogen (secondary N) is 3. The first kappa shape index (κ1) is 18.2. The van der Waals surface area contributed by atoms with Crippen molar-refractivity contribution in [1.29, 1.82) is 0 Å². The van der Waals surface area contributed by atoms with E-state index in [1.165, 1.54) is 24.0 Å². The lowest BCUT2D eigenvalue weighted by molar-refractivity contribution is -0.122. The number of fused-ring (bicyclic) bond motifs is 1. The molecule has 0 aromatic heterocycles. The quantitative estimate of drug-likeness (QED) is 0.762. The molecule has 3 rings (SSSR count). The summed E-state index contributed by atoms with van der Waals surface area (Å²) in [7, 11) is 4.14. The maximum absolute atomic E-state index is 12.9. The third-order valence-electron chi connectivity index (χ3n) is 5.57. The Labute approximate surface area is 151 Å². The minimum atomic E-state index is -0.167. The van der Waals surface area contributed by atoms with Crippen molar-refractivity contribution in [2.75, 3.05) is 32.5 Å². The molecule has 3 N–H and O–H groups in total. The molecule has 138 valence electrons. The van der Waals surface area contributed by atoms with Crippen molar-refractivity contribution in [3.8, 4) is 0 Å². The van der Waals surface area contributed by atoms with Gasteiger partial charge >= 0.3 is 0 Å². The van der Waals surface area contributed by atoms with Crippen LogP contribution in [0.2, 0.25) is 0 Å². The Kier molecular flexibility index (Phi) is 5.64. The van der Waals surface area contributed by atoms with Crippen molar-refractivity contribution in [2.45, 2.75) is 51.2 Å². The molecule has 1 saturated heterocycles. The van der Waals surface area contributed by atoms with Crippen LogP contribution in [0.3, 0.4) is 0 Å². The van der Waals surface area contributed by atoms with E-state index in [0.29, 0.717) is 12.0 Å². The first-order valence-corrected chi connectivity index (χ1v) is 9.49. The van der Waals surface area contributed by atoms with E-state index in [9.17, 15) is 4.79 Å². The zero-order valence-corrected chi connectivity index (χ0v) is 15.9. The second kappa shape index (κ2) is 7.75. The fraction of sp³-hybridized carbons (Fsp3) is 0.650. The van der Waals surface area contributed by atoms with Gasteiger partial charge in [-0.15, -0.1) is 0 Å². The summed E-state index contributed by atoms with van der Waals surface area (Å²) >= 11 is 0. The van der Waals surface area contributed by atoms with Crippen molar-refractivity contribution in [1.82, 2.24) is 15.5 Å². The van der Waals surface area contributed by atoms with Gasteiger partial charge in [0.2, 0.25) is 5.91 Å². The number of anilines is 1. The number of para-hydroxylation sites is 1. The highest BCUT2D eigenvalue weighted by Crippen LogP contribution is 2.29.